The number of thioether (sulfide) groups is 1. The summed E-state index contributed by atoms with van der Waals surface area (Å²) in [5, 5.41) is 8.57. The summed E-state index contributed by atoms with van der Waals surface area (Å²) in [6.45, 7) is 3.35. The Morgan fingerprint density at radius 2 is 2.36 bits per heavy atom. The quantitative estimate of drug-likeness (QED) is 0.740. The van der Waals surface area contributed by atoms with E-state index in [0.29, 0.717) is 10.7 Å². The number of hydrogen-bond donors (Lipinski definition) is 1. The molecule has 78 valence electrons. The van der Waals surface area contributed by atoms with Gasteiger partial charge in [-0.2, -0.15) is 0 Å². The maximum atomic E-state index is 11.6. The third kappa shape index (κ3) is 1.90. The van der Waals surface area contributed by atoms with E-state index in [2.05, 4.69) is 0 Å². The van der Waals surface area contributed by atoms with E-state index in [1.54, 1.807) is 0 Å². The average Bonchev–Trinajstić information content (AvgIpc) is 2.40. The highest BCUT2D eigenvalue weighted by Crippen LogP contribution is 2.30. The minimum absolute atomic E-state index is 0.183. The minimum atomic E-state index is -1.03. The molecule has 1 aliphatic rings. The summed E-state index contributed by atoms with van der Waals surface area (Å²) in [7, 11) is 0. The molecule has 4 nitrogen and oxygen atoms in total. The topological polar surface area (TPSA) is 57.6 Å². The average molecular weight is 233 g/mol. The first kappa shape index (κ1) is 11.5. The zero-order valence-electron chi connectivity index (χ0n) is 7.89. The van der Waals surface area contributed by atoms with E-state index >= 15 is 0 Å². The van der Waals surface area contributed by atoms with Gasteiger partial charge in [0.05, 0.1) is 5.25 Å². The van der Waals surface area contributed by atoms with Crippen LogP contribution >= 0.6 is 24.0 Å². The van der Waals surface area contributed by atoms with Crippen LogP contribution in [0, 0.1) is 0 Å². The fourth-order valence-corrected chi connectivity index (χ4v) is 2.77. The van der Waals surface area contributed by atoms with Gasteiger partial charge < -0.3 is 5.11 Å². The fraction of sp³-hybridized carbons (Fsp3) is 0.625. The maximum absolute atomic E-state index is 11.6. The first-order valence-electron chi connectivity index (χ1n) is 4.25. The van der Waals surface area contributed by atoms with Gasteiger partial charge in [0.15, 0.2) is 0 Å². The molecule has 0 bridgehead atoms. The highest BCUT2D eigenvalue weighted by Gasteiger charge is 2.40. The summed E-state index contributed by atoms with van der Waals surface area (Å²) < 4.78 is 0.372. The first-order valence-corrected chi connectivity index (χ1v) is 5.54. The molecular formula is C8H11NO3S2. The van der Waals surface area contributed by atoms with E-state index in [9.17, 15) is 9.59 Å². The van der Waals surface area contributed by atoms with Crippen LogP contribution in [0.4, 0.5) is 0 Å². The van der Waals surface area contributed by atoms with Crippen LogP contribution in [0.1, 0.15) is 20.3 Å². The van der Waals surface area contributed by atoms with Crippen LogP contribution in [-0.4, -0.2) is 37.5 Å². The lowest BCUT2D eigenvalue weighted by atomic mass is 10.2. The number of carboxylic acid groups (broad SMARTS) is 1. The van der Waals surface area contributed by atoms with Crippen LogP contribution < -0.4 is 0 Å². The van der Waals surface area contributed by atoms with Crippen molar-refractivity contribution in [2.45, 2.75) is 31.6 Å². The molecule has 0 radical (unpaired) electrons. The van der Waals surface area contributed by atoms with Gasteiger partial charge in [0.25, 0.3) is 0 Å². The summed E-state index contributed by atoms with van der Waals surface area (Å²) >= 11 is 6.23. The number of hydrogen-bond acceptors (Lipinski definition) is 4. The number of thiocarbonyl (C=S) groups is 1. The van der Waals surface area contributed by atoms with Crippen molar-refractivity contribution >= 4 is 40.2 Å². The van der Waals surface area contributed by atoms with Crippen molar-refractivity contribution in [2.75, 3.05) is 0 Å². The Morgan fingerprint density at radius 3 is 2.71 bits per heavy atom. The van der Waals surface area contributed by atoms with Crippen LogP contribution in [-0.2, 0) is 9.59 Å². The molecule has 14 heavy (non-hydrogen) atoms. The molecule has 6 heteroatoms. The zero-order valence-corrected chi connectivity index (χ0v) is 9.52. The smallest absolute Gasteiger partial charge is 0.326 e. The second-order valence-electron chi connectivity index (χ2n) is 3.00. The Bertz CT molecular complexity index is 292. The molecule has 0 aromatic carbocycles. The Hall–Kier alpha value is -0.620. The number of rotatable bonds is 3. The molecule has 0 aromatic rings. The van der Waals surface area contributed by atoms with Gasteiger partial charge >= 0.3 is 5.97 Å². The van der Waals surface area contributed by atoms with Crippen molar-refractivity contribution in [3.63, 3.8) is 0 Å². The molecule has 1 heterocycles. The maximum Gasteiger partial charge on any atom is 0.326 e. The van der Waals surface area contributed by atoms with Crippen LogP contribution in [0.25, 0.3) is 0 Å². The van der Waals surface area contributed by atoms with Crippen molar-refractivity contribution in [2.24, 2.45) is 0 Å². The lowest BCUT2D eigenvalue weighted by molar-refractivity contribution is -0.145. The highest BCUT2D eigenvalue weighted by atomic mass is 32.2. The lowest BCUT2D eigenvalue weighted by Crippen LogP contribution is -2.43. The lowest BCUT2D eigenvalue weighted by Gasteiger charge is -2.19. The van der Waals surface area contributed by atoms with Crippen molar-refractivity contribution in [1.29, 1.82) is 0 Å². The Balaban J connectivity index is 2.85. The van der Waals surface area contributed by atoms with Gasteiger partial charge in [0.2, 0.25) is 5.91 Å². The number of amides is 1. The first-order chi connectivity index (χ1) is 6.49. The zero-order chi connectivity index (χ0) is 10.9. The van der Waals surface area contributed by atoms with Gasteiger partial charge in [-0.05, 0) is 13.3 Å². The summed E-state index contributed by atoms with van der Waals surface area (Å²) in [6.07, 6.45) is 0.673. The third-order valence-electron chi connectivity index (χ3n) is 2.07. The van der Waals surface area contributed by atoms with E-state index in [0.717, 1.165) is 0 Å². The molecule has 1 fully saturated rings. The molecule has 1 N–H and O–H groups in total. The highest BCUT2D eigenvalue weighted by molar-refractivity contribution is 8.24. The Morgan fingerprint density at radius 1 is 1.79 bits per heavy atom. The predicted molar refractivity (Wildman–Crippen MR) is 58.2 cm³/mol. The van der Waals surface area contributed by atoms with E-state index in [1.807, 2.05) is 6.92 Å². The Labute approximate surface area is 91.6 Å². The number of aliphatic carboxylic acids is 1. The van der Waals surface area contributed by atoms with Gasteiger partial charge in [0.1, 0.15) is 10.4 Å². The largest absolute Gasteiger partial charge is 0.480 e. The molecule has 0 spiro atoms. The fourth-order valence-electron chi connectivity index (χ4n) is 1.19. The molecule has 1 amide bonds. The summed E-state index contributed by atoms with van der Waals surface area (Å²) in [5.74, 6) is -1.21. The monoisotopic (exact) mass is 233 g/mol. The van der Waals surface area contributed by atoms with Gasteiger partial charge in [-0.3, -0.25) is 9.69 Å². The minimum Gasteiger partial charge on any atom is -0.480 e. The number of carbonyl (C=O) groups is 2. The van der Waals surface area contributed by atoms with Crippen molar-refractivity contribution < 1.29 is 14.7 Å². The van der Waals surface area contributed by atoms with Crippen molar-refractivity contribution in [3.05, 3.63) is 0 Å². The molecule has 1 aliphatic heterocycles. The molecular weight excluding hydrogens is 222 g/mol. The van der Waals surface area contributed by atoms with Crippen molar-refractivity contribution in [3.8, 4) is 0 Å². The number of carboxylic acids is 1. The molecule has 1 rings (SSSR count). The normalized spacial score (nSPS) is 24.1. The van der Waals surface area contributed by atoms with Crippen LogP contribution in [0.15, 0.2) is 0 Å². The van der Waals surface area contributed by atoms with Crippen LogP contribution in [0.5, 0.6) is 0 Å². The number of nitrogens with zero attached hydrogens (tertiary/aromatic N) is 1. The number of carbonyl (C=O) groups excluding carboxylic acids is 1. The molecule has 0 saturated carbocycles. The van der Waals surface area contributed by atoms with Crippen molar-refractivity contribution in [1.82, 2.24) is 4.90 Å². The summed E-state index contributed by atoms with van der Waals surface area (Å²) in [4.78, 5) is 23.5. The molecule has 2 unspecified atom stereocenters. The molecule has 0 aromatic heterocycles. The second-order valence-corrected chi connectivity index (χ2v) is 4.84. The van der Waals surface area contributed by atoms with Gasteiger partial charge in [-0.25, -0.2) is 4.79 Å². The van der Waals surface area contributed by atoms with E-state index < -0.39 is 12.0 Å². The summed E-state index contributed by atoms with van der Waals surface area (Å²) in [5.41, 5.74) is 0. The Kier molecular flexibility index (Phi) is 3.49. The van der Waals surface area contributed by atoms with E-state index in [1.165, 1.54) is 23.6 Å². The molecule has 0 aliphatic carbocycles. The third-order valence-corrected chi connectivity index (χ3v) is 3.77. The molecule has 2 atom stereocenters. The molecule has 1 saturated heterocycles. The second kappa shape index (κ2) is 4.27. The van der Waals surface area contributed by atoms with Crippen LogP contribution in [0.2, 0.25) is 0 Å². The summed E-state index contributed by atoms with van der Waals surface area (Å²) in [6, 6.07) is -0.862. The van der Waals surface area contributed by atoms with E-state index in [4.69, 9.17) is 17.3 Å². The standard InChI is InChI=1S/C8H11NO3S2/c1-3-5-6(10)9(8(13)14-5)4(2)7(11)12/h4-5H,3H2,1-2H3,(H,11,12). The van der Waals surface area contributed by atoms with Crippen LogP contribution in [0.3, 0.4) is 0 Å². The van der Waals surface area contributed by atoms with Gasteiger partial charge in [-0.15, -0.1) is 0 Å². The van der Waals surface area contributed by atoms with Gasteiger partial charge in [0, 0.05) is 0 Å². The predicted octanol–water partition coefficient (Wildman–Crippen LogP) is 1.10. The SMILES string of the molecule is CCC1SC(=S)N(C(C)C(=O)O)C1=O. The van der Waals surface area contributed by atoms with E-state index in [-0.39, 0.29) is 11.2 Å². The van der Waals surface area contributed by atoms with Gasteiger partial charge in [-0.1, -0.05) is 30.9 Å².